The fourth-order valence-corrected chi connectivity index (χ4v) is 4.14. The first-order chi connectivity index (χ1) is 12.0. The number of carbonyl (C=O) groups excluding carboxylic acids is 3. The lowest BCUT2D eigenvalue weighted by atomic mass is 9.81. The van der Waals surface area contributed by atoms with E-state index in [1.807, 2.05) is 0 Å². The summed E-state index contributed by atoms with van der Waals surface area (Å²) in [4.78, 5) is 47.5. The third-order valence-corrected chi connectivity index (χ3v) is 5.49. The van der Waals surface area contributed by atoms with Gasteiger partial charge in [-0.2, -0.15) is 0 Å². The Morgan fingerprint density at radius 2 is 1.96 bits per heavy atom. The maximum atomic E-state index is 13.0. The number of carboxylic acid groups (broad SMARTS) is 1. The van der Waals surface area contributed by atoms with Gasteiger partial charge in [0.15, 0.2) is 5.54 Å². The number of thioether (sulfide) groups is 1. The van der Waals surface area contributed by atoms with Crippen LogP contribution in [0, 0.1) is 11.8 Å². The second-order valence-electron chi connectivity index (χ2n) is 6.68. The third-order valence-electron chi connectivity index (χ3n) is 4.39. The fraction of sp³-hybridized carbons (Fsp3) is 0.750. The van der Waals surface area contributed by atoms with Crippen molar-refractivity contribution in [1.82, 2.24) is 10.6 Å². The number of carbonyl (C=O) groups is 4. The first-order valence-electron chi connectivity index (χ1n) is 8.19. The Morgan fingerprint density at radius 1 is 1.38 bits per heavy atom. The standard InChI is InChI=1S/C16H26N2O7S/c1-7(2)11(20)16(12(25-5)8(3)13(21)18-16)15(24)26-6-10(14(22)23)17-9(4)19/h7-8,10-12,20H,6H2,1-5H3,(H,17,19)(H,18,21)(H,22,23)/t8-,10+,11+,12+,16-/m1/s1. The van der Waals surface area contributed by atoms with Crippen LogP contribution in [0.5, 0.6) is 0 Å². The molecule has 0 aromatic rings. The van der Waals surface area contributed by atoms with E-state index in [-0.39, 0.29) is 11.7 Å². The largest absolute Gasteiger partial charge is 0.480 e. The van der Waals surface area contributed by atoms with Crippen molar-refractivity contribution in [2.75, 3.05) is 12.9 Å². The summed E-state index contributed by atoms with van der Waals surface area (Å²) < 4.78 is 5.36. The minimum atomic E-state index is -1.69. The molecule has 1 aliphatic heterocycles. The summed E-state index contributed by atoms with van der Waals surface area (Å²) in [6.07, 6.45) is -2.14. The molecule has 1 saturated heterocycles. The summed E-state index contributed by atoms with van der Waals surface area (Å²) in [5.41, 5.74) is -1.69. The van der Waals surface area contributed by atoms with E-state index in [4.69, 9.17) is 9.84 Å². The van der Waals surface area contributed by atoms with Gasteiger partial charge >= 0.3 is 5.97 Å². The Morgan fingerprint density at radius 3 is 2.38 bits per heavy atom. The molecule has 0 spiro atoms. The van der Waals surface area contributed by atoms with Crippen molar-refractivity contribution in [3.05, 3.63) is 0 Å². The van der Waals surface area contributed by atoms with Crippen LogP contribution in [-0.4, -0.2) is 69.8 Å². The minimum absolute atomic E-state index is 0.249. The molecule has 0 saturated carbocycles. The van der Waals surface area contributed by atoms with Crippen LogP contribution in [0.4, 0.5) is 0 Å². The highest BCUT2D eigenvalue weighted by Gasteiger charge is 2.61. The topological polar surface area (TPSA) is 142 Å². The van der Waals surface area contributed by atoms with Crippen molar-refractivity contribution in [1.29, 1.82) is 0 Å². The van der Waals surface area contributed by atoms with Gasteiger partial charge in [0, 0.05) is 19.8 Å². The number of rotatable bonds is 8. The Hall–Kier alpha value is -1.65. The number of aliphatic carboxylic acids is 1. The second-order valence-corrected chi connectivity index (χ2v) is 7.67. The number of aliphatic hydroxyl groups is 1. The van der Waals surface area contributed by atoms with E-state index in [0.29, 0.717) is 11.8 Å². The van der Waals surface area contributed by atoms with Crippen LogP contribution in [0.25, 0.3) is 0 Å². The Labute approximate surface area is 156 Å². The van der Waals surface area contributed by atoms with Crippen LogP contribution in [0.1, 0.15) is 27.7 Å². The molecule has 0 aromatic heterocycles. The molecule has 1 rings (SSSR count). The van der Waals surface area contributed by atoms with Crippen LogP contribution >= 0.6 is 11.8 Å². The van der Waals surface area contributed by atoms with Gasteiger partial charge in [0.25, 0.3) is 0 Å². The van der Waals surface area contributed by atoms with Gasteiger partial charge in [-0.1, -0.05) is 32.5 Å². The maximum absolute atomic E-state index is 13.0. The van der Waals surface area contributed by atoms with E-state index in [2.05, 4.69) is 10.6 Å². The normalized spacial score (nSPS) is 27.7. The molecule has 0 aromatic carbocycles. The second kappa shape index (κ2) is 8.83. The average Bonchev–Trinajstić information content (AvgIpc) is 2.81. The fourth-order valence-electron chi connectivity index (χ4n) is 3.07. The van der Waals surface area contributed by atoms with Gasteiger partial charge in [0.2, 0.25) is 16.9 Å². The van der Waals surface area contributed by atoms with Gasteiger partial charge in [0.05, 0.1) is 12.0 Å². The Bertz CT molecular complexity index is 583. The molecule has 4 N–H and O–H groups in total. The first kappa shape index (κ1) is 22.4. The van der Waals surface area contributed by atoms with Crippen molar-refractivity contribution in [2.45, 2.75) is 51.5 Å². The van der Waals surface area contributed by atoms with E-state index >= 15 is 0 Å². The molecule has 5 atom stereocenters. The number of carboxylic acids is 1. The van der Waals surface area contributed by atoms with Crippen molar-refractivity contribution in [3.63, 3.8) is 0 Å². The molecular weight excluding hydrogens is 364 g/mol. The molecule has 148 valence electrons. The molecule has 0 bridgehead atoms. The molecule has 1 aliphatic rings. The zero-order valence-corrected chi connectivity index (χ0v) is 16.3. The van der Waals surface area contributed by atoms with Crippen molar-refractivity contribution in [3.8, 4) is 0 Å². The molecule has 2 amide bonds. The molecule has 9 nitrogen and oxygen atoms in total. The summed E-state index contributed by atoms with van der Waals surface area (Å²) in [5, 5.41) is 24.1. The SMILES string of the molecule is CO[C@H]1[C@@H](C)C(=O)N[C@]1(C(=O)SC[C@H](NC(C)=O)C(=O)O)[C@@H](O)C(C)C. The highest BCUT2D eigenvalue weighted by Crippen LogP contribution is 2.37. The molecule has 0 aliphatic carbocycles. The van der Waals surface area contributed by atoms with Crippen molar-refractivity contribution in [2.24, 2.45) is 11.8 Å². The number of hydrogen-bond acceptors (Lipinski definition) is 7. The lowest BCUT2D eigenvalue weighted by Gasteiger charge is -2.39. The van der Waals surface area contributed by atoms with Crippen LogP contribution in [0.2, 0.25) is 0 Å². The van der Waals surface area contributed by atoms with Crippen LogP contribution in [0.3, 0.4) is 0 Å². The number of aliphatic hydroxyl groups excluding tert-OH is 1. The smallest absolute Gasteiger partial charge is 0.327 e. The number of amides is 2. The summed E-state index contributed by atoms with van der Waals surface area (Å²) in [7, 11) is 1.35. The van der Waals surface area contributed by atoms with Crippen LogP contribution in [-0.2, 0) is 23.9 Å². The average molecular weight is 390 g/mol. The van der Waals surface area contributed by atoms with Gasteiger partial charge in [-0.15, -0.1) is 0 Å². The Balaban J connectivity index is 3.12. The van der Waals surface area contributed by atoms with Gasteiger partial charge in [-0.05, 0) is 5.92 Å². The number of methoxy groups -OCH3 is 1. The summed E-state index contributed by atoms with van der Waals surface area (Å²) in [5.74, 6) is -3.54. The zero-order valence-electron chi connectivity index (χ0n) is 15.4. The predicted octanol–water partition coefficient (Wildman–Crippen LogP) is -0.628. The molecular formula is C16H26N2O7S. The summed E-state index contributed by atoms with van der Waals surface area (Å²) in [6.45, 7) is 6.16. The maximum Gasteiger partial charge on any atom is 0.327 e. The quantitative estimate of drug-likeness (QED) is 0.429. The molecule has 10 heteroatoms. The number of hydrogen-bond donors (Lipinski definition) is 4. The molecule has 0 radical (unpaired) electrons. The van der Waals surface area contributed by atoms with E-state index in [1.54, 1.807) is 20.8 Å². The zero-order chi connectivity index (χ0) is 20.2. The van der Waals surface area contributed by atoms with Crippen molar-refractivity contribution < 1.29 is 34.1 Å². The number of nitrogens with one attached hydrogen (secondary N) is 2. The monoisotopic (exact) mass is 390 g/mol. The lowest BCUT2D eigenvalue weighted by molar-refractivity contribution is -0.140. The van der Waals surface area contributed by atoms with Gasteiger partial charge < -0.3 is 25.6 Å². The first-order valence-corrected chi connectivity index (χ1v) is 9.17. The Kier molecular flexibility index (Phi) is 7.60. The molecule has 1 heterocycles. The number of ether oxygens (including phenoxy) is 1. The highest BCUT2D eigenvalue weighted by molar-refractivity contribution is 8.13. The highest BCUT2D eigenvalue weighted by atomic mass is 32.2. The molecule has 26 heavy (non-hydrogen) atoms. The lowest BCUT2D eigenvalue weighted by Crippen LogP contribution is -2.64. The van der Waals surface area contributed by atoms with Gasteiger partial charge in [-0.25, -0.2) is 4.79 Å². The summed E-state index contributed by atoms with van der Waals surface area (Å²) in [6, 6.07) is -1.27. The van der Waals surface area contributed by atoms with E-state index < -0.39 is 52.6 Å². The van der Waals surface area contributed by atoms with Crippen LogP contribution in [0.15, 0.2) is 0 Å². The van der Waals surface area contributed by atoms with Crippen molar-refractivity contribution >= 4 is 34.7 Å². The summed E-state index contributed by atoms with van der Waals surface area (Å²) >= 11 is 0.631. The minimum Gasteiger partial charge on any atom is -0.480 e. The van der Waals surface area contributed by atoms with Gasteiger partial charge in [0.1, 0.15) is 12.1 Å². The van der Waals surface area contributed by atoms with E-state index in [9.17, 15) is 24.3 Å². The predicted molar refractivity (Wildman–Crippen MR) is 94.4 cm³/mol. The molecule has 0 unspecified atom stereocenters. The molecule has 1 fully saturated rings. The van der Waals surface area contributed by atoms with Crippen LogP contribution < -0.4 is 10.6 Å². The van der Waals surface area contributed by atoms with E-state index in [0.717, 1.165) is 0 Å². The van der Waals surface area contributed by atoms with Gasteiger partial charge in [-0.3, -0.25) is 14.4 Å². The van der Waals surface area contributed by atoms with E-state index in [1.165, 1.54) is 14.0 Å². The third kappa shape index (κ3) is 4.36.